The Balaban J connectivity index is 2.30. The number of sulfonamides is 1. The third-order valence-electron chi connectivity index (χ3n) is 2.97. The van der Waals surface area contributed by atoms with E-state index in [2.05, 4.69) is 15.9 Å². The molecule has 1 aromatic heterocycles. The summed E-state index contributed by atoms with van der Waals surface area (Å²) in [4.78, 5) is 12.8. The molecule has 1 heterocycles. The van der Waals surface area contributed by atoms with E-state index in [1.165, 1.54) is 23.5 Å². The fourth-order valence-corrected chi connectivity index (χ4v) is 4.34. The lowest BCUT2D eigenvalue weighted by Crippen LogP contribution is -2.35. The number of benzene rings is 1. The van der Waals surface area contributed by atoms with Gasteiger partial charge in [-0.25, -0.2) is 8.42 Å². The molecule has 0 amide bonds. The molecule has 0 saturated heterocycles. The van der Waals surface area contributed by atoms with Gasteiger partial charge in [0, 0.05) is 15.9 Å². The van der Waals surface area contributed by atoms with Gasteiger partial charge in [0.2, 0.25) is 10.0 Å². The molecule has 0 atom stereocenters. The van der Waals surface area contributed by atoms with Crippen LogP contribution in [0.5, 0.6) is 0 Å². The van der Waals surface area contributed by atoms with Gasteiger partial charge in [0.05, 0.1) is 11.5 Å². The first kappa shape index (κ1) is 18.1. The number of rotatable bonds is 7. The van der Waals surface area contributed by atoms with Gasteiger partial charge in [-0.05, 0) is 42.6 Å². The van der Waals surface area contributed by atoms with Gasteiger partial charge in [-0.3, -0.25) is 4.79 Å². The number of nitrogens with zero attached hydrogens (tertiary/aromatic N) is 1. The highest BCUT2D eigenvalue weighted by Gasteiger charge is 2.27. The maximum absolute atomic E-state index is 12.8. The topological polar surface area (TPSA) is 63.7 Å². The molecule has 0 aliphatic carbocycles. The largest absolute Gasteiger partial charge is 0.465 e. The monoisotopic (exact) mass is 417 g/mol. The Morgan fingerprint density at radius 2 is 1.96 bits per heavy atom. The summed E-state index contributed by atoms with van der Waals surface area (Å²) in [6, 6.07) is 9.99. The van der Waals surface area contributed by atoms with Crippen molar-refractivity contribution in [3.63, 3.8) is 0 Å². The molecule has 1 aromatic carbocycles. The first-order chi connectivity index (χ1) is 10.9. The van der Waals surface area contributed by atoms with Crippen LogP contribution < -0.4 is 0 Å². The van der Waals surface area contributed by atoms with Crippen LogP contribution in [0.3, 0.4) is 0 Å². The van der Waals surface area contributed by atoms with Crippen molar-refractivity contribution in [2.45, 2.75) is 18.4 Å². The number of hydrogen-bond acceptors (Lipinski definition) is 5. The molecule has 2 aromatic rings. The minimum atomic E-state index is -3.79. The third kappa shape index (κ3) is 4.87. The SMILES string of the molecule is CCOC(=O)CN(Cc1cccs1)S(=O)(=O)c1ccc(Br)cc1. The second-order valence-electron chi connectivity index (χ2n) is 4.61. The summed E-state index contributed by atoms with van der Waals surface area (Å²) in [7, 11) is -3.79. The molecule has 8 heteroatoms. The lowest BCUT2D eigenvalue weighted by Gasteiger charge is -2.20. The van der Waals surface area contributed by atoms with Gasteiger partial charge in [0.1, 0.15) is 6.54 Å². The molecule has 0 aliphatic rings. The van der Waals surface area contributed by atoms with Crippen LogP contribution in [-0.2, 0) is 26.1 Å². The van der Waals surface area contributed by atoms with Crippen molar-refractivity contribution in [1.82, 2.24) is 4.31 Å². The summed E-state index contributed by atoms with van der Waals surface area (Å²) in [5.74, 6) is -0.565. The average Bonchev–Trinajstić information content (AvgIpc) is 3.00. The maximum Gasteiger partial charge on any atom is 0.321 e. The van der Waals surface area contributed by atoms with Crippen LogP contribution >= 0.6 is 27.3 Å². The third-order valence-corrected chi connectivity index (χ3v) is 6.17. The normalized spacial score (nSPS) is 11.6. The second kappa shape index (κ2) is 8.05. The van der Waals surface area contributed by atoms with Crippen molar-refractivity contribution in [3.05, 3.63) is 51.1 Å². The molecule has 2 rings (SSSR count). The zero-order chi connectivity index (χ0) is 16.9. The molecule has 0 fully saturated rings. The van der Waals surface area contributed by atoms with E-state index in [0.717, 1.165) is 13.7 Å². The molecule has 0 saturated carbocycles. The lowest BCUT2D eigenvalue weighted by atomic mass is 10.4. The van der Waals surface area contributed by atoms with Gasteiger partial charge >= 0.3 is 5.97 Å². The highest BCUT2D eigenvalue weighted by atomic mass is 79.9. The summed E-state index contributed by atoms with van der Waals surface area (Å²) in [5, 5.41) is 1.87. The predicted molar refractivity (Wildman–Crippen MR) is 92.7 cm³/mol. The van der Waals surface area contributed by atoms with Crippen LogP contribution in [0.2, 0.25) is 0 Å². The Labute approximate surface area is 148 Å². The molecule has 0 aliphatic heterocycles. The van der Waals surface area contributed by atoms with Gasteiger partial charge in [-0.15, -0.1) is 11.3 Å². The van der Waals surface area contributed by atoms with E-state index in [9.17, 15) is 13.2 Å². The first-order valence-corrected chi connectivity index (χ1v) is 9.98. The molecular formula is C15H16BrNO4S2. The Morgan fingerprint density at radius 3 is 2.52 bits per heavy atom. The van der Waals surface area contributed by atoms with E-state index in [4.69, 9.17) is 4.74 Å². The van der Waals surface area contributed by atoms with E-state index in [0.29, 0.717) is 0 Å². The van der Waals surface area contributed by atoms with Crippen LogP contribution in [-0.4, -0.2) is 31.8 Å². The Morgan fingerprint density at radius 1 is 1.26 bits per heavy atom. The van der Waals surface area contributed by atoms with Crippen molar-refractivity contribution < 1.29 is 17.9 Å². The molecule has 124 valence electrons. The minimum absolute atomic E-state index is 0.134. The van der Waals surface area contributed by atoms with Crippen molar-refractivity contribution in [3.8, 4) is 0 Å². The molecule has 0 spiro atoms. The van der Waals surface area contributed by atoms with E-state index >= 15 is 0 Å². The van der Waals surface area contributed by atoms with Gasteiger partial charge in [0.25, 0.3) is 0 Å². The van der Waals surface area contributed by atoms with Crippen LogP contribution in [0.1, 0.15) is 11.8 Å². The minimum Gasteiger partial charge on any atom is -0.465 e. The molecule has 23 heavy (non-hydrogen) atoms. The van der Waals surface area contributed by atoms with Crippen LogP contribution in [0.4, 0.5) is 0 Å². The van der Waals surface area contributed by atoms with Crippen LogP contribution in [0.25, 0.3) is 0 Å². The average molecular weight is 418 g/mol. The summed E-state index contributed by atoms with van der Waals surface area (Å²) in [5.41, 5.74) is 0. The fraction of sp³-hybridized carbons (Fsp3) is 0.267. The highest BCUT2D eigenvalue weighted by Crippen LogP contribution is 2.22. The summed E-state index contributed by atoms with van der Waals surface area (Å²) >= 11 is 4.72. The molecule has 0 N–H and O–H groups in total. The zero-order valence-corrected chi connectivity index (χ0v) is 15.7. The number of esters is 1. The van der Waals surface area contributed by atoms with E-state index < -0.39 is 16.0 Å². The van der Waals surface area contributed by atoms with E-state index in [-0.39, 0.29) is 24.6 Å². The number of halogens is 1. The van der Waals surface area contributed by atoms with Crippen molar-refractivity contribution in [1.29, 1.82) is 0 Å². The van der Waals surface area contributed by atoms with E-state index in [1.54, 1.807) is 19.1 Å². The number of carbonyl (C=O) groups is 1. The van der Waals surface area contributed by atoms with Crippen molar-refractivity contribution >= 4 is 43.3 Å². The summed E-state index contributed by atoms with van der Waals surface area (Å²) in [6.07, 6.45) is 0. The van der Waals surface area contributed by atoms with Crippen LogP contribution in [0.15, 0.2) is 51.1 Å². The quantitative estimate of drug-likeness (QED) is 0.648. The molecule has 0 unspecified atom stereocenters. The second-order valence-corrected chi connectivity index (χ2v) is 8.50. The fourth-order valence-electron chi connectivity index (χ4n) is 1.91. The maximum atomic E-state index is 12.8. The molecule has 0 bridgehead atoms. The van der Waals surface area contributed by atoms with Crippen molar-refractivity contribution in [2.75, 3.05) is 13.2 Å². The number of carbonyl (C=O) groups excluding carboxylic acids is 1. The van der Waals surface area contributed by atoms with Crippen molar-refractivity contribution in [2.24, 2.45) is 0 Å². The Kier molecular flexibility index (Phi) is 6.34. The summed E-state index contributed by atoms with van der Waals surface area (Å²) < 4.78 is 32.4. The highest BCUT2D eigenvalue weighted by molar-refractivity contribution is 9.10. The molecule has 5 nitrogen and oxygen atoms in total. The number of ether oxygens (including phenoxy) is 1. The number of hydrogen-bond donors (Lipinski definition) is 0. The lowest BCUT2D eigenvalue weighted by molar-refractivity contribution is -0.143. The molecule has 0 radical (unpaired) electrons. The Hall–Kier alpha value is -1.22. The Bertz CT molecular complexity index is 742. The molecular weight excluding hydrogens is 402 g/mol. The predicted octanol–water partition coefficient (Wildman–Crippen LogP) is 3.26. The van der Waals surface area contributed by atoms with Crippen LogP contribution in [0, 0.1) is 0 Å². The summed E-state index contributed by atoms with van der Waals surface area (Å²) in [6.45, 7) is 1.72. The smallest absolute Gasteiger partial charge is 0.321 e. The van der Waals surface area contributed by atoms with E-state index in [1.807, 2.05) is 17.5 Å². The number of thiophene rings is 1. The van der Waals surface area contributed by atoms with Gasteiger partial charge < -0.3 is 4.74 Å². The standard InChI is InChI=1S/C15H16BrNO4S2/c1-2-21-15(18)11-17(10-13-4-3-9-22-13)23(19,20)14-7-5-12(16)6-8-14/h3-9H,2,10-11H2,1H3. The van der Waals surface area contributed by atoms with Gasteiger partial charge in [0.15, 0.2) is 0 Å². The van der Waals surface area contributed by atoms with Gasteiger partial charge in [-0.1, -0.05) is 22.0 Å². The zero-order valence-electron chi connectivity index (χ0n) is 12.4. The van der Waals surface area contributed by atoms with Gasteiger partial charge in [-0.2, -0.15) is 4.31 Å². The first-order valence-electron chi connectivity index (χ1n) is 6.87.